The van der Waals surface area contributed by atoms with E-state index in [1.807, 2.05) is 32.8 Å². The maximum absolute atomic E-state index is 5.42. The predicted molar refractivity (Wildman–Crippen MR) is 40.4 cm³/mol. The van der Waals surface area contributed by atoms with Crippen LogP contribution in [0.25, 0.3) is 0 Å². The number of nitrogens with two attached hydrogens (primary N) is 1. The van der Waals surface area contributed by atoms with Gasteiger partial charge in [0.2, 0.25) is 0 Å². The van der Waals surface area contributed by atoms with Crippen molar-refractivity contribution in [3.8, 4) is 0 Å². The van der Waals surface area contributed by atoms with Crippen LogP contribution >= 0.6 is 0 Å². The summed E-state index contributed by atoms with van der Waals surface area (Å²) in [5, 5.41) is 0. The number of aliphatic imine (C=N–C) groups is 1. The van der Waals surface area contributed by atoms with Gasteiger partial charge in [0.05, 0.1) is 12.0 Å². The molecule has 1 unspecified atom stereocenters. The minimum Gasteiger partial charge on any atom is -0.367 e. The lowest BCUT2D eigenvalue weighted by molar-refractivity contribution is 0.604. The number of hydrogen-bond acceptors (Lipinski definition) is 2. The van der Waals surface area contributed by atoms with Crippen molar-refractivity contribution in [2.24, 2.45) is 10.7 Å². The van der Waals surface area contributed by atoms with Crippen molar-refractivity contribution in [3.63, 3.8) is 0 Å². The zero-order valence-corrected chi connectivity index (χ0v) is 6.55. The third-order valence-electron chi connectivity index (χ3n) is 1.04. The van der Waals surface area contributed by atoms with Gasteiger partial charge in [-0.05, 0) is 13.8 Å². The Morgan fingerprint density at radius 2 is 2.00 bits per heavy atom. The van der Waals surface area contributed by atoms with E-state index < -0.39 is 0 Å². The van der Waals surface area contributed by atoms with Crippen LogP contribution in [0.3, 0.4) is 0 Å². The van der Waals surface area contributed by atoms with Crippen molar-refractivity contribution in [1.29, 1.82) is 0 Å². The van der Waals surface area contributed by atoms with Crippen LogP contribution in [0.5, 0.6) is 0 Å². The largest absolute Gasteiger partial charge is 0.367 e. The molecule has 1 atom stereocenters. The summed E-state index contributed by atoms with van der Waals surface area (Å²) in [6.07, 6.45) is -0.0904. The summed E-state index contributed by atoms with van der Waals surface area (Å²) in [6.45, 7) is 3.79. The SMILES string of the molecule is CC(=NC(C)N)N(C)C. The van der Waals surface area contributed by atoms with Gasteiger partial charge in [-0.1, -0.05) is 0 Å². The third kappa shape index (κ3) is 3.97. The molecule has 0 spiro atoms. The molecule has 0 aliphatic carbocycles. The number of nitrogens with zero attached hydrogens (tertiary/aromatic N) is 2. The fraction of sp³-hybridized carbons (Fsp3) is 0.833. The Bertz CT molecular complexity index is 105. The van der Waals surface area contributed by atoms with Crippen LogP contribution in [0.4, 0.5) is 0 Å². The van der Waals surface area contributed by atoms with Gasteiger partial charge in [-0.3, -0.25) is 4.99 Å². The summed E-state index contributed by atoms with van der Waals surface area (Å²) in [5.74, 6) is 0.963. The third-order valence-corrected chi connectivity index (χ3v) is 1.04. The Hall–Kier alpha value is -0.570. The monoisotopic (exact) mass is 129 g/mol. The average molecular weight is 129 g/mol. The first kappa shape index (κ1) is 8.43. The molecule has 0 aromatic carbocycles. The van der Waals surface area contributed by atoms with Crippen molar-refractivity contribution in [2.45, 2.75) is 20.0 Å². The molecule has 0 aromatic heterocycles. The molecule has 0 aliphatic heterocycles. The summed E-state index contributed by atoms with van der Waals surface area (Å²) < 4.78 is 0. The second kappa shape index (κ2) is 3.45. The van der Waals surface area contributed by atoms with E-state index in [9.17, 15) is 0 Å². The Morgan fingerprint density at radius 3 is 2.11 bits per heavy atom. The molecule has 0 rings (SSSR count). The Morgan fingerprint density at radius 1 is 1.56 bits per heavy atom. The zero-order chi connectivity index (χ0) is 7.44. The van der Waals surface area contributed by atoms with E-state index in [0.29, 0.717) is 0 Å². The summed E-state index contributed by atoms with van der Waals surface area (Å²) >= 11 is 0. The van der Waals surface area contributed by atoms with E-state index in [-0.39, 0.29) is 6.17 Å². The predicted octanol–water partition coefficient (Wildman–Crippen LogP) is 0.271. The lowest BCUT2D eigenvalue weighted by atomic mass is 10.5. The fourth-order valence-electron chi connectivity index (χ4n) is 0.410. The summed E-state index contributed by atoms with van der Waals surface area (Å²) in [4.78, 5) is 6.03. The van der Waals surface area contributed by atoms with Gasteiger partial charge in [0.1, 0.15) is 0 Å². The fourth-order valence-corrected chi connectivity index (χ4v) is 0.410. The van der Waals surface area contributed by atoms with Gasteiger partial charge >= 0.3 is 0 Å². The number of amidine groups is 1. The van der Waals surface area contributed by atoms with E-state index in [1.165, 1.54) is 0 Å². The van der Waals surface area contributed by atoms with E-state index in [0.717, 1.165) is 5.84 Å². The molecule has 0 heterocycles. The highest BCUT2D eigenvalue weighted by atomic mass is 15.1. The quantitative estimate of drug-likeness (QED) is 0.408. The summed E-state index contributed by atoms with van der Waals surface area (Å²) in [5.41, 5.74) is 5.42. The average Bonchev–Trinajstić information content (AvgIpc) is 1.63. The van der Waals surface area contributed by atoms with Crippen LogP contribution in [0.2, 0.25) is 0 Å². The van der Waals surface area contributed by atoms with E-state index in [1.54, 1.807) is 0 Å². The second-order valence-electron chi connectivity index (χ2n) is 2.31. The topological polar surface area (TPSA) is 41.6 Å². The first-order chi connectivity index (χ1) is 4.04. The molecule has 54 valence electrons. The van der Waals surface area contributed by atoms with Crippen molar-refractivity contribution in [1.82, 2.24) is 4.90 Å². The standard InChI is InChI=1S/C6H15N3/c1-5(7)8-6(2)9(3)4/h5H,7H2,1-4H3. The minimum atomic E-state index is -0.0904. The van der Waals surface area contributed by atoms with Crippen molar-refractivity contribution >= 4 is 5.84 Å². The molecule has 0 bridgehead atoms. The van der Waals surface area contributed by atoms with Gasteiger partial charge in [0.15, 0.2) is 0 Å². The van der Waals surface area contributed by atoms with Crippen LogP contribution in [-0.2, 0) is 0 Å². The molecule has 2 N–H and O–H groups in total. The van der Waals surface area contributed by atoms with Gasteiger partial charge < -0.3 is 10.6 Å². The smallest absolute Gasteiger partial charge is 0.0971 e. The summed E-state index contributed by atoms with van der Waals surface area (Å²) in [6, 6.07) is 0. The highest BCUT2D eigenvalue weighted by molar-refractivity contribution is 5.79. The maximum Gasteiger partial charge on any atom is 0.0971 e. The number of rotatable bonds is 1. The molecule has 0 radical (unpaired) electrons. The van der Waals surface area contributed by atoms with Crippen LogP contribution in [0, 0.1) is 0 Å². The highest BCUT2D eigenvalue weighted by Gasteiger charge is 1.92. The second-order valence-corrected chi connectivity index (χ2v) is 2.31. The molecule has 0 aromatic rings. The maximum atomic E-state index is 5.42. The Kier molecular flexibility index (Phi) is 3.24. The van der Waals surface area contributed by atoms with Crippen LogP contribution < -0.4 is 5.73 Å². The highest BCUT2D eigenvalue weighted by Crippen LogP contribution is 1.84. The van der Waals surface area contributed by atoms with Gasteiger partial charge in [-0.15, -0.1) is 0 Å². The number of hydrogen-bond donors (Lipinski definition) is 1. The molecule has 0 amide bonds. The normalized spacial score (nSPS) is 15.4. The van der Waals surface area contributed by atoms with Crippen LogP contribution in [0.1, 0.15) is 13.8 Å². The lowest BCUT2D eigenvalue weighted by Crippen LogP contribution is -2.23. The van der Waals surface area contributed by atoms with E-state index in [2.05, 4.69) is 4.99 Å². The van der Waals surface area contributed by atoms with Gasteiger partial charge in [-0.25, -0.2) is 0 Å². The van der Waals surface area contributed by atoms with Crippen molar-refractivity contribution in [2.75, 3.05) is 14.1 Å². The van der Waals surface area contributed by atoms with E-state index in [4.69, 9.17) is 5.73 Å². The molecule has 0 saturated heterocycles. The zero-order valence-electron chi connectivity index (χ0n) is 6.55. The molecule has 3 heteroatoms. The van der Waals surface area contributed by atoms with Crippen molar-refractivity contribution < 1.29 is 0 Å². The first-order valence-electron chi connectivity index (χ1n) is 3.01. The molecule has 9 heavy (non-hydrogen) atoms. The first-order valence-corrected chi connectivity index (χ1v) is 3.01. The molecule has 0 fully saturated rings. The van der Waals surface area contributed by atoms with Gasteiger partial charge in [0, 0.05) is 14.1 Å². The minimum absolute atomic E-state index is 0.0904. The van der Waals surface area contributed by atoms with Gasteiger partial charge in [0.25, 0.3) is 0 Å². The Balaban J connectivity index is 3.84. The lowest BCUT2D eigenvalue weighted by Gasteiger charge is -2.11. The van der Waals surface area contributed by atoms with E-state index >= 15 is 0 Å². The molecule has 3 nitrogen and oxygen atoms in total. The van der Waals surface area contributed by atoms with Crippen LogP contribution in [0.15, 0.2) is 4.99 Å². The molecular formula is C6H15N3. The molecule has 0 aliphatic rings. The van der Waals surface area contributed by atoms with Crippen molar-refractivity contribution in [3.05, 3.63) is 0 Å². The molecular weight excluding hydrogens is 114 g/mol. The van der Waals surface area contributed by atoms with Gasteiger partial charge in [-0.2, -0.15) is 0 Å². The molecule has 0 saturated carbocycles. The Labute approximate surface area is 56.6 Å². The summed E-state index contributed by atoms with van der Waals surface area (Å²) in [7, 11) is 3.89. The van der Waals surface area contributed by atoms with Crippen LogP contribution in [-0.4, -0.2) is 31.0 Å².